The molecular formula is C17H23N3O2. The predicted octanol–water partition coefficient (Wildman–Crippen LogP) is 0.889. The second-order valence-corrected chi connectivity index (χ2v) is 6.20. The molecule has 22 heavy (non-hydrogen) atoms. The maximum Gasteiger partial charge on any atom is 0.253 e. The van der Waals surface area contributed by atoms with Crippen LogP contribution in [0.3, 0.4) is 0 Å². The van der Waals surface area contributed by atoms with Crippen LogP contribution in [-0.4, -0.2) is 60.9 Å². The number of carbonyl (C=O) groups is 2. The Labute approximate surface area is 131 Å². The first-order valence-electron chi connectivity index (χ1n) is 8.00. The van der Waals surface area contributed by atoms with Crippen molar-refractivity contribution in [3.63, 3.8) is 0 Å². The van der Waals surface area contributed by atoms with E-state index in [1.165, 1.54) is 0 Å². The van der Waals surface area contributed by atoms with Crippen LogP contribution in [0.1, 0.15) is 22.3 Å². The average Bonchev–Trinajstić information content (AvgIpc) is 2.70. The van der Waals surface area contributed by atoms with Crippen LogP contribution in [0.5, 0.6) is 0 Å². The van der Waals surface area contributed by atoms with Gasteiger partial charge >= 0.3 is 0 Å². The van der Waals surface area contributed by atoms with Crippen molar-refractivity contribution < 1.29 is 9.59 Å². The van der Waals surface area contributed by atoms with Crippen LogP contribution < -0.4 is 5.32 Å². The van der Waals surface area contributed by atoms with Gasteiger partial charge < -0.3 is 15.1 Å². The third-order valence-electron chi connectivity index (χ3n) is 4.49. The van der Waals surface area contributed by atoms with Crippen molar-refractivity contribution in [2.75, 3.05) is 39.3 Å². The van der Waals surface area contributed by atoms with Crippen molar-refractivity contribution in [1.29, 1.82) is 0 Å². The number of benzene rings is 1. The van der Waals surface area contributed by atoms with Gasteiger partial charge in [-0.25, -0.2) is 0 Å². The number of amides is 2. The highest BCUT2D eigenvalue weighted by molar-refractivity contribution is 5.94. The van der Waals surface area contributed by atoms with E-state index in [0.717, 1.165) is 43.7 Å². The molecule has 118 valence electrons. The van der Waals surface area contributed by atoms with E-state index in [1.54, 1.807) is 0 Å². The van der Waals surface area contributed by atoms with Gasteiger partial charge in [-0.2, -0.15) is 0 Å². The Hall–Kier alpha value is -1.88. The maximum absolute atomic E-state index is 12.6. The third-order valence-corrected chi connectivity index (χ3v) is 4.49. The first-order valence-corrected chi connectivity index (χ1v) is 8.00. The molecule has 1 aromatic carbocycles. The summed E-state index contributed by atoms with van der Waals surface area (Å²) in [5, 5.41) is 3.14. The van der Waals surface area contributed by atoms with Gasteiger partial charge in [0.05, 0.1) is 5.92 Å². The molecule has 3 rings (SSSR count). The van der Waals surface area contributed by atoms with Crippen molar-refractivity contribution in [3.05, 3.63) is 35.4 Å². The van der Waals surface area contributed by atoms with Crippen LogP contribution in [0, 0.1) is 12.8 Å². The SMILES string of the molecule is Cc1cccc(C(=O)N2CCCN(C(=O)C3CNC3)CC2)c1. The molecule has 2 fully saturated rings. The van der Waals surface area contributed by atoms with Crippen LogP contribution >= 0.6 is 0 Å². The standard InChI is InChI=1S/C17H23N3O2/c1-13-4-2-5-14(10-13)16(21)19-6-3-7-20(9-8-19)17(22)15-11-18-12-15/h2,4-5,10,15,18H,3,6-9,11-12H2,1H3. The second kappa shape index (κ2) is 6.48. The van der Waals surface area contributed by atoms with Gasteiger partial charge in [0.2, 0.25) is 5.91 Å². The highest BCUT2D eigenvalue weighted by Crippen LogP contribution is 2.14. The topological polar surface area (TPSA) is 52.7 Å². The molecule has 0 aromatic heterocycles. The Kier molecular flexibility index (Phi) is 4.43. The number of hydrogen-bond donors (Lipinski definition) is 1. The third kappa shape index (κ3) is 3.14. The molecule has 2 aliphatic rings. The van der Waals surface area contributed by atoms with E-state index in [9.17, 15) is 9.59 Å². The van der Waals surface area contributed by atoms with Crippen LogP contribution in [0.4, 0.5) is 0 Å². The molecule has 5 heteroatoms. The van der Waals surface area contributed by atoms with Crippen molar-refractivity contribution in [2.24, 2.45) is 5.92 Å². The second-order valence-electron chi connectivity index (χ2n) is 6.20. The molecule has 2 heterocycles. The molecule has 0 bridgehead atoms. The van der Waals surface area contributed by atoms with Crippen LogP contribution in [-0.2, 0) is 4.79 Å². The summed E-state index contributed by atoms with van der Waals surface area (Å²) in [6.07, 6.45) is 0.851. The van der Waals surface area contributed by atoms with Crippen LogP contribution in [0.2, 0.25) is 0 Å². The van der Waals surface area contributed by atoms with Gasteiger partial charge in [-0.15, -0.1) is 0 Å². The summed E-state index contributed by atoms with van der Waals surface area (Å²) in [6, 6.07) is 7.70. The summed E-state index contributed by atoms with van der Waals surface area (Å²) in [7, 11) is 0. The number of aryl methyl sites for hydroxylation is 1. The summed E-state index contributed by atoms with van der Waals surface area (Å²) in [6.45, 7) is 6.33. The Morgan fingerprint density at radius 1 is 1.09 bits per heavy atom. The van der Waals surface area contributed by atoms with Crippen molar-refractivity contribution >= 4 is 11.8 Å². The summed E-state index contributed by atoms with van der Waals surface area (Å²) in [5.41, 5.74) is 1.83. The normalized spacial score (nSPS) is 19.5. The van der Waals surface area contributed by atoms with Crippen LogP contribution in [0.25, 0.3) is 0 Å². The summed E-state index contributed by atoms with van der Waals surface area (Å²) in [5.74, 6) is 0.450. The molecule has 5 nitrogen and oxygen atoms in total. The van der Waals surface area contributed by atoms with Crippen LogP contribution in [0.15, 0.2) is 24.3 Å². The average molecular weight is 301 g/mol. The minimum absolute atomic E-state index is 0.0725. The summed E-state index contributed by atoms with van der Waals surface area (Å²) >= 11 is 0. The summed E-state index contributed by atoms with van der Waals surface area (Å²) < 4.78 is 0. The monoisotopic (exact) mass is 301 g/mol. The number of carbonyl (C=O) groups excluding carboxylic acids is 2. The van der Waals surface area contributed by atoms with Gasteiger partial charge in [0.15, 0.2) is 0 Å². The molecule has 0 saturated carbocycles. The molecule has 2 aliphatic heterocycles. The minimum atomic E-state index is 0.0725. The minimum Gasteiger partial charge on any atom is -0.341 e. The lowest BCUT2D eigenvalue weighted by molar-refractivity contribution is -0.136. The Balaban J connectivity index is 1.62. The van der Waals surface area contributed by atoms with E-state index >= 15 is 0 Å². The molecule has 2 saturated heterocycles. The largest absolute Gasteiger partial charge is 0.341 e. The first-order chi connectivity index (χ1) is 10.6. The van der Waals surface area contributed by atoms with Gasteiger partial charge in [-0.1, -0.05) is 17.7 Å². The van der Waals surface area contributed by atoms with E-state index in [0.29, 0.717) is 13.1 Å². The van der Waals surface area contributed by atoms with E-state index in [-0.39, 0.29) is 17.7 Å². The fourth-order valence-electron chi connectivity index (χ4n) is 3.02. The first kappa shape index (κ1) is 15.0. The summed E-state index contributed by atoms with van der Waals surface area (Å²) in [4.78, 5) is 28.7. The van der Waals surface area contributed by atoms with Crippen molar-refractivity contribution in [3.8, 4) is 0 Å². The fourth-order valence-corrected chi connectivity index (χ4v) is 3.02. The Morgan fingerprint density at radius 3 is 2.50 bits per heavy atom. The lowest BCUT2D eigenvalue weighted by atomic mass is 10.0. The number of nitrogens with zero attached hydrogens (tertiary/aromatic N) is 2. The molecular weight excluding hydrogens is 278 g/mol. The van der Waals surface area contributed by atoms with E-state index in [4.69, 9.17) is 0 Å². The maximum atomic E-state index is 12.6. The Morgan fingerprint density at radius 2 is 1.82 bits per heavy atom. The lowest BCUT2D eigenvalue weighted by Crippen LogP contribution is -2.52. The zero-order valence-electron chi connectivity index (χ0n) is 13.0. The quantitative estimate of drug-likeness (QED) is 0.882. The highest BCUT2D eigenvalue weighted by atomic mass is 16.2. The van der Waals surface area contributed by atoms with Crippen molar-refractivity contribution in [2.45, 2.75) is 13.3 Å². The highest BCUT2D eigenvalue weighted by Gasteiger charge is 2.30. The lowest BCUT2D eigenvalue weighted by Gasteiger charge is -2.31. The van der Waals surface area contributed by atoms with E-state index in [2.05, 4.69) is 5.32 Å². The Bertz CT molecular complexity index is 569. The fraction of sp³-hybridized carbons (Fsp3) is 0.529. The van der Waals surface area contributed by atoms with Gasteiger partial charge in [0.1, 0.15) is 0 Å². The van der Waals surface area contributed by atoms with E-state index in [1.807, 2.05) is 41.0 Å². The predicted molar refractivity (Wildman–Crippen MR) is 84.6 cm³/mol. The zero-order valence-corrected chi connectivity index (χ0v) is 13.0. The van der Waals surface area contributed by atoms with Gasteiger partial charge in [-0.3, -0.25) is 9.59 Å². The van der Waals surface area contributed by atoms with Crippen molar-refractivity contribution in [1.82, 2.24) is 15.1 Å². The van der Waals surface area contributed by atoms with Gasteiger partial charge in [-0.05, 0) is 25.5 Å². The van der Waals surface area contributed by atoms with Gasteiger partial charge in [0.25, 0.3) is 5.91 Å². The molecule has 0 unspecified atom stereocenters. The molecule has 0 aliphatic carbocycles. The zero-order chi connectivity index (χ0) is 15.5. The molecule has 1 N–H and O–H groups in total. The number of rotatable bonds is 2. The van der Waals surface area contributed by atoms with E-state index < -0.39 is 0 Å². The molecule has 0 spiro atoms. The molecule has 0 radical (unpaired) electrons. The molecule has 1 aromatic rings. The smallest absolute Gasteiger partial charge is 0.253 e. The number of hydrogen-bond acceptors (Lipinski definition) is 3. The van der Waals surface area contributed by atoms with Gasteiger partial charge in [0, 0.05) is 44.8 Å². The number of nitrogens with one attached hydrogen (secondary N) is 1. The molecule has 0 atom stereocenters. The molecule has 2 amide bonds.